The van der Waals surface area contributed by atoms with Crippen molar-refractivity contribution in [2.75, 3.05) is 13.6 Å². The zero-order valence-corrected chi connectivity index (χ0v) is 17.6. The normalized spacial score (nSPS) is 11.8. The lowest BCUT2D eigenvalue weighted by Crippen LogP contribution is -2.38. The Labute approximate surface area is 172 Å². The number of ether oxygens (including phenoxy) is 1. The Kier molecular flexibility index (Phi) is 7.88. The number of aromatic nitrogens is 2. The number of nitrogens with one attached hydrogen (secondary N) is 2. The molecule has 154 valence electrons. The summed E-state index contributed by atoms with van der Waals surface area (Å²) in [7, 11) is 3.53. The number of alkyl halides is 2. The monoisotopic (exact) mass is 433 g/mol. The van der Waals surface area contributed by atoms with Crippen LogP contribution >= 0.6 is 23.2 Å². The van der Waals surface area contributed by atoms with Gasteiger partial charge in [-0.2, -0.15) is 13.9 Å². The number of halogens is 4. The van der Waals surface area contributed by atoms with Gasteiger partial charge in [0.1, 0.15) is 5.75 Å². The highest BCUT2D eigenvalue weighted by Gasteiger charge is 2.16. The fourth-order valence-electron chi connectivity index (χ4n) is 2.85. The summed E-state index contributed by atoms with van der Waals surface area (Å²) in [5, 5.41) is 11.0. The molecule has 0 fully saturated rings. The van der Waals surface area contributed by atoms with E-state index in [9.17, 15) is 8.78 Å². The van der Waals surface area contributed by atoms with Crippen molar-refractivity contribution in [3.05, 3.63) is 44.7 Å². The molecule has 1 aromatic heterocycles. The Hall–Kier alpha value is -2.06. The lowest BCUT2D eigenvalue weighted by molar-refractivity contribution is -0.0504. The molecule has 0 saturated carbocycles. The summed E-state index contributed by atoms with van der Waals surface area (Å²) in [6.07, 6.45) is 0.773. The smallest absolute Gasteiger partial charge is 0.387 e. The molecule has 0 unspecified atom stereocenters. The first-order chi connectivity index (χ1) is 13.2. The summed E-state index contributed by atoms with van der Waals surface area (Å²) >= 11 is 12.0. The third-order valence-electron chi connectivity index (χ3n) is 4.29. The molecule has 0 aliphatic heterocycles. The second-order valence-electron chi connectivity index (χ2n) is 6.13. The van der Waals surface area contributed by atoms with Crippen molar-refractivity contribution in [1.29, 1.82) is 0 Å². The minimum atomic E-state index is -2.99. The van der Waals surface area contributed by atoms with E-state index in [0.29, 0.717) is 23.1 Å². The Morgan fingerprint density at radius 2 is 2.00 bits per heavy atom. The van der Waals surface area contributed by atoms with Crippen LogP contribution in [0.1, 0.15) is 22.5 Å². The molecule has 0 amide bonds. The summed E-state index contributed by atoms with van der Waals surface area (Å²) < 4.78 is 31.7. The third-order valence-corrected chi connectivity index (χ3v) is 4.79. The standard InChI is InChI=1S/C18H23Cl2F2N5O/c1-10-14(11(2)27(4)26-10)5-6-24-18(23-3)25-9-12-7-13(19)8-15(20)16(12)28-17(21)22/h7-8,17H,5-6,9H2,1-4H3,(H2,23,24,25). The molecule has 10 heteroatoms. The van der Waals surface area contributed by atoms with Crippen LogP contribution in [0.15, 0.2) is 17.1 Å². The largest absolute Gasteiger partial charge is 0.433 e. The molecule has 0 radical (unpaired) electrons. The number of benzene rings is 1. The molecule has 6 nitrogen and oxygen atoms in total. The van der Waals surface area contributed by atoms with Crippen molar-refractivity contribution < 1.29 is 13.5 Å². The molecule has 1 aromatic carbocycles. The number of guanidine groups is 1. The number of hydrogen-bond acceptors (Lipinski definition) is 3. The van der Waals surface area contributed by atoms with E-state index in [1.807, 2.05) is 25.6 Å². The number of aliphatic imine (C=N–C) groups is 1. The molecule has 0 saturated heterocycles. The second kappa shape index (κ2) is 9.93. The van der Waals surface area contributed by atoms with Gasteiger partial charge in [0.15, 0.2) is 5.96 Å². The fraction of sp³-hybridized carbons (Fsp3) is 0.444. The lowest BCUT2D eigenvalue weighted by Gasteiger charge is -2.16. The highest BCUT2D eigenvalue weighted by Crippen LogP contribution is 2.33. The number of nitrogens with zero attached hydrogens (tertiary/aromatic N) is 3. The second-order valence-corrected chi connectivity index (χ2v) is 6.97. The minimum absolute atomic E-state index is 0.0232. The van der Waals surface area contributed by atoms with E-state index in [0.717, 1.165) is 17.8 Å². The average molecular weight is 434 g/mol. The van der Waals surface area contributed by atoms with Gasteiger partial charge < -0.3 is 15.4 Å². The van der Waals surface area contributed by atoms with Crippen molar-refractivity contribution >= 4 is 29.2 Å². The van der Waals surface area contributed by atoms with Crippen LogP contribution in [0.2, 0.25) is 10.0 Å². The van der Waals surface area contributed by atoms with Crippen LogP contribution in [0.3, 0.4) is 0 Å². The zero-order valence-electron chi connectivity index (χ0n) is 16.1. The van der Waals surface area contributed by atoms with Crippen LogP contribution in [0, 0.1) is 13.8 Å². The summed E-state index contributed by atoms with van der Waals surface area (Å²) in [5.74, 6) is 0.406. The maximum Gasteiger partial charge on any atom is 0.387 e. The van der Waals surface area contributed by atoms with Crippen molar-refractivity contribution in [2.45, 2.75) is 33.4 Å². The van der Waals surface area contributed by atoms with Gasteiger partial charge in [-0.15, -0.1) is 0 Å². The molecular formula is C18H23Cl2F2N5O. The van der Waals surface area contributed by atoms with Gasteiger partial charge in [-0.3, -0.25) is 9.67 Å². The highest BCUT2D eigenvalue weighted by molar-refractivity contribution is 6.35. The molecule has 2 rings (SSSR count). The molecular weight excluding hydrogens is 411 g/mol. The molecule has 2 aromatic rings. The quantitative estimate of drug-likeness (QED) is 0.514. The summed E-state index contributed by atoms with van der Waals surface area (Å²) in [6.45, 7) is 1.80. The van der Waals surface area contributed by atoms with Crippen LogP contribution < -0.4 is 15.4 Å². The van der Waals surface area contributed by atoms with E-state index in [-0.39, 0.29) is 17.3 Å². The van der Waals surface area contributed by atoms with E-state index < -0.39 is 6.61 Å². The average Bonchev–Trinajstić information content (AvgIpc) is 2.86. The predicted molar refractivity (Wildman–Crippen MR) is 108 cm³/mol. The van der Waals surface area contributed by atoms with Crippen molar-refractivity contribution in [2.24, 2.45) is 12.0 Å². The van der Waals surface area contributed by atoms with Gasteiger partial charge in [0, 0.05) is 43.5 Å². The molecule has 0 aliphatic rings. The van der Waals surface area contributed by atoms with Crippen LogP contribution in [0.25, 0.3) is 0 Å². The Morgan fingerprint density at radius 3 is 2.57 bits per heavy atom. The van der Waals surface area contributed by atoms with E-state index >= 15 is 0 Å². The molecule has 0 spiro atoms. The van der Waals surface area contributed by atoms with Gasteiger partial charge in [-0.05, 0) is 38.0 Å². The number of aryl methyl sites for hydroxylation is 2. The molecule has 0 bridgehead atoms. The lowest BCUT2D eigenvalue weighted by atomic mass is 10.1. The Bertz CT molecular complexity index is 855. The van der Waals surface area contributed by atoms with Gasteiger partial charge in [0.05, 0.1) is 10.7 Å². The summed E-state index contributed by atoms with van der Waals surface area (Å²) in [6, 6.07) is 2.88. The fourth-order valence-corrected chi connectivity index (χ4v) is 3.43. The topological polar surface area (TPSA) is 63.5 Å². The molecule has 0 atom stereocenters. The minimum Gasteiger partial charge on any atom is -0.433 e. The number of hydrogen-bond donors (Lipinski definition) is 2. The first kappa shape index (κ1) is 22.2. The maximum atomic E-state index is 12.7. The molecule has 28 heavy (non-hydrogen) atoms. The maximum absolute atomic E-state index is 12.7. The van der Waals surface area contributed by atoms with Crippen LogP contribution in [0.4, 0.5) is 8.78 Å². The zero-order chi connectivity index (χ0) is 20.8. The van der Waals surface area contributed by atoms with Crippen LogP contribution in [-0.4, -0.2) is 35.9 Å². The SMILES string of the molecule is CN=C(NCCc1c(C)nn(C)c1C)NCc1cc(Cl)cc(Cl)c1OC(F)F. The van der Waals surface area contributed by atoms with E-state index in [1.165, 1.54) is 17.7 Å². The Morgan fingerprint density at radius 1 is 1.29 bits per heavy atom. The summed E-state index contributed by atoms with van der Waals surface area (Å²) in [5.41, 5.74) is 3.69. The van der Waals surface area contributed by atoms with E-state index in [1.54, 1.807) is 7.05 Å². The highest BCUT2D eigenvalue weighted by atomic mass is 35.5. The van der Waals surface area contributed by atoms with E-state index in [4.69, 9.17) is 23.2 Å². The predicted octanol–water partition coefficient (Wildman–Crippen LogP) is 3.85. The molecule has 2 N–H and O–H groups in total. The van der Waals surface area contributed by atoms with Crippen molar-refractivity contribution in [1.82, 2.24) is 20.4 Å². The van der Waals surface area contributed by atoms with Gasteiger partial charge in [0.25, 0.3) is 0 Å². The van der Waals surface area contributed by atoms with Gasteiger partial charge >= 0.3 is 6.61 Å². The third kappa shape index (κ3) is 5.72. The van der Waals surface area contributed by atoms with Gasteiger partial charge in [0.2, 0.25) is 0 Å². The molecule has 0 aliphatic carbocycles. The molecule has 1 heterocycles. The van der Waals surface area contributed by atoms with Gasteiger partial charge in [-0.25, -0.2) is 0 Å². The van der Waals surface area contributed by atoms with E-state index in [2.05, 4.69) is 25.5 Å². The first-order valence-electron chi connectivity index (χ1n) is 8.59. The van der Waals surface area contributed by atoms with Crippen molar-refractivity contribution in [3.63, 3.8) is 0 Å². The Balaban J connectivity index is 1.99. The van der Waals surface area contributed by atoms with Crippen LogP contribution in [-0.2, 0) is 20.0 Å². The number of rotatable bonds is 7. The first-order valence-corrected chi connectivity index (χ1v) is 9.34. The summed E-state index contributed by atoms with van der Waals surface area (Å²) in [4.78, 5) is 4.14. The van der Waals surface area contributed by atoms with Crippen LogP contribution in [0.5, 0.6) is 5.75 Å². The van der Waals surface area contributed by atoms with Gasteiger partial charge in [-0.1, -0.05) is 23.2 Å². The van der Waals surface area contributed by atoms with Crippen molar-refractivity contribution in [3.8, 4) is 5.75 Å².